The van der Waals surface area contributed by atoms with Crippen LogP contribution in [0.5, 0.6) is 0 Å². The summed E-state index contributed by atoms with van der Waals surface area (Å²) < 4.78 is 27.4. The highest BCUT2D eigenvalue weighted by Crippen LogP contribution is 2.34. The lowest BCUT2D eigenvalue weighted by Crippen LogP contribution is -2.35. The fourth-order valence-electron chi connectivity index (χ4n) is 2.15. The maximum Gasteiger partial charge on any atom is 0.270 e. The zero-order valence-electron chi connectivity index (χ0n) is 11.6. The third-order valence-corrected chi connectivity index (χ3v) is 5.55. The topological polar surface area (TPSA) is 89.3 Å². The first-order valence-corrected chi connectivity index (χ1v) is 8.66. The van der Waals surface area contributed by atoms with Crippen molar-refractivity contribution in [2.24, 2.45) is 5.92 Å². The van der Waals surface area contributed by atoms with Gasteiger partial charge in [-0.05, 0) is 24.8 Å². The van der Waals surface area contributed by atoms with Gasteiger partial charge >= 0.3 is 0 Å². The molecule has 0 radical (unpaired) electrons. The molecule has 1 aromatic carbocycles. The summed E-state index contributed by atoms with van der Waals surface area (Å²) in [5.41, 5.74) is -0.296. The summed E-state index contributed by atoms with van der Waals surface area (Å²) in [5.74, 6) is 0.582. The van der Waals surface area contributed by atoms with Crippen LogP contribution in [0.1, 0.15) is 32.6 Å². The molecule has 1 aliphatic carbocycles. The van der Waals surface area contributed by atoms with Crippen molar-refractivity contribution in [1.29, 1.82) is 0 Å². The summed E-state index contributed by atoms with van der Waals surface area (Å²) in [7, 11) is -3.86. The molecule has 8 heteroatoms. The van der Waals surface area contributed by atoms with Crippen molar-refractivity contribution in [3.8, 4) is 0 Å². The molecule has 1 N–H and O–H groups in total. The number of hydrogen-bond acceptors (Lipinski definition) is 4. The van der Waals surface area contributed by atoms with Gasteiger partial charge in [0.2, 0.25) is 10.0 Å². The summed E-state index contributed by atoms with van der Waals surface area (Å²) in [6.45, 7) is 1.91. The van der Waals surface area contributed by atoms with Crippen LogP contribution in [0, 0.1) is 16.0 Å². The Balaban J connectivity index is 2.25. The molecule has 0 bridgehead atoms. The van der Waals surface area contributed by atoms with Crippen LogP contribution >= 0.6 is 11.6 Å². The number of nitrogens with one attached hydrogen (secondary N) is 1. The van der Waals surface area contributed by atoms with E-state index >= 15 is 0 Å². The van der Waals surface area contributed by atoms with Crippen molar-refractivity contribution in [2.45, 2.75) is 43.5 Å². The van der Waals surface area contributed by atoms with Crippen molar-refractivity contribution in [3.05, 3.63) is 33.3 Å². The van der Waals surface area contributed by atoms with Gasteiger partial charge in [0.15, 0.2) is 0 Å². The lowest BCUT2D eigenvalue weighted by atomic mass is 10.1. The molecule has 1 fully saturated rings. The third-order valence-electron chi connectivity index (χ3n) is 3.54. The van der Waals surface area contributed by atoms with E-state index in [1.165, 1.54) is 12.1 Å². The standard InChI is InChI=1S/C13H17ClN2O4S/c1-2-10(7-9-3-4-9)15-21(19,20)13-8-11(16(17)18)5-6-12(13)14/h5-6,8-10,15H,2-4,7H2,1H3. The van der Waals surface area contributed by atoms with Gasteiger partial charge in [0.1, 0.15) is 4.90 Å². The molecule has 1 aromatic rings. The van der Waals surface area contributed by atoms with E-state index in [2.05, 4.69) is 4.72 Å². The Morgan fingerprint density at radius 1 is 1.48 bits per heavy atom. The summed E-state index contributed by atoms with van der Waals surface area (Å²) in [6.07, 6.45) is 3.73. The number of halogens is 1. The average molecular weight is 333 g/mol. The number of hydrogen-bond donors (Lipinski definition) is 1. The van der Waals surface area contributed by atoms with Crippen molar-refractivity contribution in [1.82, 2.24) is 4.72 Å². The third kappa shape index (κ3) is 4.15. The van der Waals surface area contributed by atoms with Crippen LogP contribution in [0.4, 0.5) is 5.69 Å². The van der Waals surface area contributed by atoms with E-state index in [0.29, 0.717) is 12.3 Å². The summed E-state index contributed by atoms with van der Waals surface area (Å²) in [6, 6.07) is 3.24. The van der Waals surface area contributed by atoms with E-state index in [4.69, 9.17) is 11.6 Å². The zero-order chi connectivity index (χ0) is 15.6. The van der Waals surface area contributed by atoms with Gasteiger partial charge in [-0.1, -0.05) is 31.4 Å². The van der Waals surface area contributed by atoms with Gasteiger partial charge in [0, 0.05) is 18.2 Å². The molecule has 1 saturated carbocycles. The fourth-order valence-corrected chi connectivity index (χ4v) is 4.00. The normalized spacial score (nSPS) is 16.7. The molecule has 0 spiro atoms. The molecule has 1 aliphatic rings. The first kappa shape index (κ1) is 16.2. The van der Waals surface area contributed by atoms with E-state index in [-0.39, 0.29) is 21.6 Å². The minimum atomic E-state index is -3.86. The summed E-state index contributed by atoms with van der Waals surface area (Å²) >= 11 is 5.89. The molecular formula is C13H17ClN2O4S. The summed E-state index contributed by atoms with van der Waals surface area (Å²) in [4.78, 5) is 9.89. The minimum absolute atomic E-state index is 0.0191. The number of sulfonamides is 1. The van der Waals surface area contributed by atoms with Gasteiger partial charge in [-0.15, -0.1) is 0 Å². The van der Waals surface area contributed by atoms with Crippen LogP contribution in [-0.2, 0) is 10.0 Å². The molecule has 0 amide bonds. The van der Waals surface area contributed by atoms with Gasteiger partial charge in [-0.2, -0.15) is 0 Å². The monoisotopic (exact) mass is 332 g/mol. The molecule has 116 valence electrons. The Morgan fingerprint density at radius 2 is 2.14 bits per heavy atom. The molecule has 21 heavy (non-hydrogen) atoms. The Hall–Kier alpha value is -1.18. The van der Waals surface area contributed by atoms with E-state index in [9.17, 15) is 18.5 Å². The fraction of sp³-hybridized carbons (Fsp3) is 0.538. The highest BCUT2D eigenvalue weighted by atomic mass is 35.5. The quantitative estimate of drug-likeness (QED) is 0.613. The Morgan fingerprint density at radius 3 is 2.67 bits per heavy atom. The highest BCUT2D eigenvalue weighted by molar-refractivity contribution is 7.89. The van der Waals surface area contributed by atoms with Crippen LogP contribution in [-0.4, -0.2) is 19.4 Å². The SMILES string of the molecule is CCC(CC1CC1)NS(=O)(=O)c1cc([N+](=O)[O-])ccc1Cl. The molecule has 0 aliphatic heterocycles. The van der Waals surface area contributed by atoms with Crippen molar-refractivity contribution in [2.75, 3.05) is 0 Å². The van der Waals surface area contributed by atoms with Gasteiger partial charge in [0.25, 0.3) is 5.69 Å². The average Bonchev–Trinajstić information content (AvgIpc) is 3.21. The van der Waals surface area contributed by atoms with Crippen LogP contribution in [0.2, 0.25) is 5.02 Å². The van der Waals surface area contributed by atoms with Crippen molar-refractivity contribution < 1.29 is 13.3 Å². The number of non-ortho nitro benzene ring substituents is 1. The molecular weight excluding hydrogens is 316 g/mol. The smallest absolute Gasteiger partial charge is 0.258 e. The Labute approximate surface area is 128 Å². The predicted molar refractivity (Wildman–Crippen MR) is 79.8 cm³/mol. The van der Waals surface area contributed by atoms with Crippen LogP contribution in [0.25, 0.3) is 0 Å². The molecule has 1 atom stereocenters. The second-order valence-electron chi connectivity index (χ2n) is 5.28. The second-order valence-corrected chi connectivity index (χ2v) is 7.37. The largest absolute Gasteiger partial charge is 0.270 e. The number of nitrogens with zero attached hydrogens (tertiary/aromatic N) is 1. The van der Waals surface area contributed by atoms with Crippen LogP contribution in [0.3, 0.4) is 0 Å². The van der Waals surface area contributed by atoms with E-state index < -0.39 is 14.9 Å². The molecule has 0 heterocycles. The highest BCUT2D eigenvalue weighted by Gasteiger charge is 2.29. The number of rotatable bonds is 7. The molecule has 1 unspecified atom stereocenters. The second kappa shape index (κ2) is 6.29. The Bertz CT molecular complexity index is 644. The van der Waals surface area contributed by atoms with Crippen molar-refractivity contribution in [3.63, 3.8) is 0 Å². The predicted octanol–water partition coefficient (Wildman–Crippen LogP) is 3.11. The van der Waals surface area contributed by atoms with Gasteiger partial charge in [-0.3, -0.25) is 10.1 Å². The van der Waals surface area contributed by atoms with Gasteiger partial charge in [0.05, 0.1) is 9.95 Å². The Kier molecular flexibility index (Phi) is 4.85. The minimum Gasteiger partial charge on any atom is -0.258 e. The number of benzene rings is 1. The number of nitro groups is 1. The van der Waals surface area contributed by atoms with Crippen LogP contribution in [0.15, 0.2) is 23.1 Å². The van der Waals surface area contributed by atoms with E-state index in [1.807, 2.05) is 6.92 Å². The lowest BCUT2D eigenvalue weighted by molar-refractivity contribution is -0.385. The van der Waals surface area contributed by atoms with Gasteiger partial charge in [-0.25, -0.2) is 13.1 Å². The van der Waals surface area contributed by atoms with Gasteiger partial charge < -0.3 is 0 Å². The maximum absolute atomic E-state index is 12.4. The van der Waals surface area contributed by atoms with E-state index in [0.717, 1.165) is 25.3 Å². The molecule has 0 aromatic heterocycles. The maximum atomic E-state index is 12.4. The number of nitro benzene ring substituents is 1. The lowest BCUT2D eigenvalue weighted by Gasteiger charge is -2.17. The summed E-state index contributed by atoms with van der Waals surface area (Å²) in [5, 5.41) is 10.8. The van der Waals surface area contributed by atoms with Crippen LogP contribution < -0.4 is 4.72 Å². The zero-order valence-corrected chi connectivity index (χ0v) is 13.2. The van der Waals surface area contributed by atoms with E-state index in [1.54, 1.807) is 0 Å². The molecule has 6 nitrogen and oxygen atoms in total. The first-order chi connectivity index (χ1) is 9.83. The molecule has 0 saturated heterocycles. The molecule has 2 rings (SSSR count). The first-order valence-electron chi connectivity index (χ1n) is 6.79. The van der Waals surface area contributed by atoms with Crippen molar-refractivity contribution >= 4 is 27.3 Å².